The summed E-state index contributed by atoms with van der Waals surface area (Å²) in [6.07, 6.45) is 1.73. The van der Waals surface area contributed by atoms with Crippen LogP contribution in [-0.2, 0) is 12.6 Å². The van der Waals surface area contributed by atoms with E-state index >= 15 is 0 Å². The molecule has 5 rings (SSSR count). The number of nitrogens with zero attached hydrogens (tertiary/aromatic N) is 3. The summed E-state index contributed by atoms with van der Waals surface area (Å²) in [7, 11) is 2.12. The maximum Gasteiger partial charge on any atom is 0.418 e. The third-order valence-corrected chi connectivity index (χ3v) is 6.94. The number of carbonyl (C=O) groups excluding carboxylic acids is 1. The normalized spacial score (nSPS) is 17.4. The molecule has 3 heterocycles. The highest BCUT2D eigenvalue weighted by atomic mass is 19.4. The van der Waals surface area contributed by atoms with Crippen LogP contribution in [0.5, 0.6) is 11.5 Å². The van der Waals surface area contributed by atoms with Crippen molar-refractivity contribution in [2.45, 2.75) is 38.4 Å². The van der Waals surface area contributed by atoms with E-state index in [0.717, 1.165) is 49.3 Å². The molecule has 188 valence electrons. The topological polar surface area (TPSA) is 67.3 Å². The molecule has 1 aromatic carbocycles. The molecule has 1 saturated carbocycles. The van der Waals surface area contributed by atoms with Gasteiger partial charge >= 0.3 is 6.18 Å². The van der Waals surface area contributed by atoms with E-state index in [-0.39, 0.29) is 17.7 Å². The molecule has 1 aliphatic carbocycles. The van der Waals surface area contributed by atoms with Crippen LogP contribution in [0.15, 0.2) is 55.0 Å². The fourth-order valence-electron chi connectivity index (χ4n) is 5.37. The first-order valence-electron chi connectivity index (χ1n) is 11.9. The molecule has 6 nitrogen and oxygen atoms in total. The van der Waals surface area contributed by atoms with Gasteiger partial charge in [-0.05, 0) is 61.6 Å². The molecule has 1 N–H and O–H groups in total. The van der Waals surface area contributed by atoms with Gasteiger partial charge in [-0.1, -0.05) is 13.0 Å². The number of rotatable bonds is 6. The van der Waals surface area contributed by atoms with Crippen molar-refractivity contribution in [3.8, 4) is 22.8 Å². The summed E-state index contributed by atoms with van der Waals surface area (Å²) in [6.45, 7) is 4.20. The van der Waals surface area contributed by atoms with Gasteiger partial charge in [-0.15, -0.1) is 0 Å². The minimum absolute atomic E-state index is 0.0189. The van der Waals surface area contributed by atoms with E-state index in [9.17, 15) is 18.0 Å². The van der Waals surface area contributed by atoms with Gasteiger partial charge in [0.15, 0.2) is 0 Å². The van der Waals surface area contributed by atoms with Crippen LogP contribution in [0.2, 0.25) is 0 Å². The summed E-state index contributed by atoms with van der Waals surface area (Å²) in [5.74, 6) is 0.254. The second-order valence-electron chi connectivity index (χ2n) is 9.86. The summed E-state index contributed by atoms with van der Waals surface area (Å²) in [5, 5.41) is 3.18. The number of halogens is 3. The summed E-state index contributed by atoms with van der Waals surface area (Å²) < 4.78 is 44.6. The first-order valence-corrected chi connectivity index (χ1v) is 11.9. The largest absolute Gasteiger partial charge is 0.456 e. The van der Waals surface area contributed by atoms with E-state index in [4.69, 9.17) is 4.74 Å². The first-order chi connectivity index (χ1) is 17.1. The van der Waals surface area contributed by atoms with Crippen LogP contribution >= 0.6 is 0 Å². The molecular weight excluding hydrogens is 469 g/mol. The summed E-state index contributed by atoms with van der Waals surface area (Å²) in [6, 6.07) is 9.90. The molecule has 1 amide bonds. The number of aryl methyl sites for hydroxylation is 1. The number of ether oxygens (including phenoxy) is 1. The molecule has 36 heavy (non-hydrogen) atoms. The number of amides is 1. The Morgan fingerprint density at radius 3 is 2.61 bits per heavy atom. The molecule has 0 unspecified atom stereocenters. The smallest absolute Gasteiger partial charge is 0.418 e. The first kappa shape index (κ1) is 24.2. The number of hydrogen-bond donors (Lipinski definition) is 1. The van der Waals surface area contributed by atoms with Gasteiger partial charge in [-0.2, -0.15) is 13.2 Å². The minimum atomic E-state index is -4.51. The second-order valence-corrected chi connectivity index (χ2v) is 9.86. The molecule has 0 atom stereocenters. The average Bonchev–Trinajstić information content (AvgIpc) is 2.81. The third-order valence-electron chi connectivity index (χ3n) is 6.94. The summed E-state index contributed by atoms with van der Waals surface area (Å²) in [5.41, 5.74) is 2.44. The molecule has 2 aromatic heterocycles. The van der Waals surface area contributed by atoms with Gasteiger partial charge in [-0.25, -0.2) is 0 Å². The van der Waals surface area contributed by atoms with Crippen LogP contribution in [0.1, 0.15) is 41.3 Å². The van der Waals surface area contributed by atoms with Gasteiger partial charge in [-0.3, -0.25) is 14.8 Å². The third kappa shape index (κ3) is 4.93. The molecule has 0 radical (unpaired) electrons. The fraction of sp³-hybridized carbons (Fsp3) is 0.370. The molecule has 3 aromatic rings. The highest BCUT2D eigenvalue weighted by Crippen LogP contribution is 2.47. The zero-order chi connectivity index (χ0) is 25.5. The predicted molar refractivity (Wildman–Crippen MR) is 129 cm³/mol. The zero-order valence-corrected chi connectivity index (χ0v) is 20.1. The standard InChI is InChI=1S/C27H27F3N4O2/c1-3-17-8-18(4-5-23(17)25(35)33-20-11-26(12-20)15-34(2)16-26)24-10-21(6-7-32-24)36-22-9-19(13-31-14-22)27(28,29)30/h4-10,13-14,20H,3,11-12,15-16H2,1-2H3,(H,33,35). The lowest BCUT2D eigenvalue weighted by Gasteiger charge is -2.58. The molecular formula is C27H27F3N4O2. The fourth-order valence-corrected chi connectivity index (χ4v) is 5.37. The van der Waals surface area contributed by atoms with Crippen molar-refractivity contribution in [2.24, 2.45) is 5.41 Å². The van der Waals surface area contributed by atoms with Crippen molar-refractivity contribution >= 4 is 5.91 Å². The number of carbonyl (C=O) groups is 1. The van der Waals surface area contributed by atoms with Gasteiger partial charge in [0.1, 0.15) is 11.5 Å². The highest BCUT2D eigenvalue weighted by molar-refractivity contribution is 5.96. The molecule has 9 heteroatoms. The molecule has 1 aliphatic heterocycles. The zero-order valence-electron chi connectivity index (χ0n) is 20.1. The van der Waals surface area contributed by atoms with E-state index in [2.05, 4.69) is 27.2 Å². The number of hydrogen-bond acceptors (Lipinski definition) is 5. The molecule has 0 bridgehead atoms. The van der Waals surface area contributed by atoms with E-state index in [1.54, 1.807) is 18.2 Å². The van der Waals surface area contributed by atoms with Crippen LogP contribution in [0.3, 0.4) is 0 Å². The predicted octanol–water partition coefficient (Wildman–Crippen LogP) is 5.34. The van der Waals surface area contributed by atoms with Crippen molar-refractivity contribution < 1.29 is 22.7 Å². The lowest BCUT2D eigenvalue weighted by atomic mass is 9.61. The Balaban J connectivity index is 1.29. The Kier molecular flexibility index (Phi) is 6.20. The number of alkyl halides is 3. The Morgan fingerprint density at radius 2 is 1.92 bits per heavy atom. The van der Waals surface area contributed by atoms with E-state index < -0.39 is 11.7 Å². The second kappa shape index (κ2) is 9.20. The Bertz CT molecular complexity index is 1280. The number of nitrogens with one attached hydrogen (secondary N) is 1. The molecule has 2 aliphatic rings. The minimum Gasteiger partial charge on any atom is -0.456 e. The van der Waals surface area contributed by atoms with Crippen LogP contribution < -0.4 is 10.1 Å². The summed E-state index contributed by atoms with van der Waals surface area (Å²) >= 11 is 0. The lowest BCUT2D eigenvalue weighted by Crippen LogP contribution is -2.65. The maximum atomic E-state index is 13.0. The van der Waals surface area contributed by atoms with Crippen LogP contribution in [0, 0.1) is 5.41 Å². The van der Waals surface area contributed by atoms with Gasteiger partial charge in [0.25, 0.3) is 5.91 Å². The van der Waals surface area contributed by atoms with Gasteiger partial charge in [0.05, 0.1) is 17.5 Å². The van der Waals surface area contributed by atoms with Gasteiger partial charge < -0.3 is 15.0 Å². The van der Waals surface area contributed by atoms with Crippen LogP contribution in [0.4, 0.5) is 13.2 Å². The number of benzene rings is 1. The molecule has 1 spiro atoms. The Hall–Kier alpha value is -3.46. The Morgan fingerprint density at radius 1 is 1.14 bits per heavy atom. The molecule has 2 fully saturated rings. The highest BCUT2D eigenvalue weighted by Gasteiger charge is 2.51. The lowest BCUT2D eigenvalue weighted by molar-refractivity contribution is -0.137. The van der Waals surface area contributed by atoms with E-state index in [1.165, 1.54) is 12.4 Å². The molecule has 1 saturated heterocycles. The van der Waals surface area contributed by atoms with E-state index in [0.29, 0.717) is 28.8 Å². The van der Waals surface area contributed by atoms with Crippen molar-refractivity contribution in [2.75, 3.05) is 20.1 Å². The SMILES string of the molecule is CCc1cc(-c2cc(Oc3cncc(C(F)(F)F)c3)ccn2)ccc1C(=O)NC1CC2(C1)CN(C)C2. The number of pyridine rings is 2. The monoisotopic (exact) mass is 496 g/mol. The van der Waals surface area contributed by atoms with Gasteiger partial charge in [0, 0.05) is 48.7 Å². The Labute approximate surface area is 207 Å². The van der Waals surface area contributed by atoms with E-state index in [1.807, 2.05) is 19.1 Å². The van der Waals surface area contributed by atoms with Crippen molar-refractivity contribution in [3.05, 3.63) is 71.7 Å². The van der Waals surface area contributed by atoms with Crippen LogP contribution in [-0.4, -0.2) is 47.0 Å². The quantitative estimate of drug-likeness (QED) is 0.499. The number of likely N-dealkylation sites (tertiary alicyclic amines) is 1. The van der Waals surface area contributed by atoms with Gasteiger partial charge in [0.2, 0.25) is 0 Å². The maximum absolute atomic E-state index is 13.0. The van der Waals surface area contributed by atoms with Crippen molar-refractivity contribution in [1.29, 1.82) is 0 Å². The van der Waals surface area contributed by atoms with Crippen LogP contribution in [0.25, 0.3) is 11.3 Å². The summed E-state index contributed by atoms with van der Waals surface area (Å²) in [4.78, 5) is 23.3. The van der Waals surface area contributed by atoms with Crippen molar-refractivity contribution in [3.63, 3.8) is 0 Å². The van der Waals surface area contributed by atoms with Crippen molar-refractivity contribution in [1.82, 2.24) is 20.2 Å². The average molecular weight is 497 g/mol. The number of aromatic nitrogens is 2.